The molecule has 3 amide bonds. The Balaban J connectivity index is 1.25. The molecule has 1 aliphatic heterocycles. The second kappa shape index (κ2) is 10.1. The lowest BCUT2D eigenvalue weighted by Gasteiger charge is -2.31. The number of carbonyl (C=O) groups excluding carboxylic acids is 3. The first kappa shape index (κ1) is 22.2. The Labute approximate surface area is 194 Å². The average molecular weight is 469 g/mol. The number of aromatic nitrogens is 1. The maximum atomic E-state index is 12.9. The van der Waals surface area contributed by atoms with Crippen LogP contribution in [0.1, 0.15) is 44.1 Å². The minimum Gasteiger partial charge on any atom is -0.347 e. The summed E-state index contributed by atoms with van der Waals surface area (Å²) in [6.45, 7) is 3.40. The van der Waals surface area contributed by atoms with Crippen LogP contribution < -0.4 is 10.6 Å². The van der Waals surface area contributed by atoms with Crippen LogP contribution in [0.25, 0.3) is 0 Å². The summed E-state index contributed by atoms with van der Waals surface area (Å²) in [5, 5.41) is 10.2. The third kappa shape index (κ3) is 5.41. The van der Waals surface area contributed by atoms with E-state index in [1.165, 1.54) is 22.7 Å². The molecule has 1 saturated heterocycles. The van der Waals surface area contributed by atoms with E-state index >= 15 is 0 Å². The first-order valence-corrected chi connectivity index (χ1v) is 12.2. The van der Waals surface area contributed by atoms with Crippen molar-refractivity contribution in [3.05, 3.63) is 68.9 Å². The van der Waals surface area contributed by atoms with Crippen LogP contribution in [-0.4, -0.2) is 40.7 Å². The molecule has 1 aromatic carbocycles. The number of hydrogen-bond donors (Lipinski definition) is 2. The average Bonchev–Trinajstić information content (AvgIpc) is 3.49. The van der Waals surface area contributed by atoms with Crippen LogP contribution in [0.3, 0.4) is 0 Å². The maximum absolute atomic E-state index is 12.9. The molecule has 4 rings (SSSR count). The lowest BCUT2D eigenvalue weighted by Crippen LogP contribution is -2.41. The van der Waals surface area contributed by atoms with Crippen LogP contribution in [0, 0.1) is 12.8 Å². The number of rotatable bonds is 6. The molecule has 0 aliphatic carbocycles. The molecule has 2 N–H and O–H groups in total. The minimum atomic E-state index is -0.113. The molecular weight excluding hydrogens is 444 g/mol. The monoisotopic (exact) mass is 468 g/mol. The third-order valence-corrected chi connectivity index (χ3v) is 7.15. The van der Waals surface area contributed by atoms with Crippen molar-refractivity contribution in [2.75, 3.05) is 18.4 Å². The van der Waals surface area contributed by atoms with E-state index in [0.29, 0.717) is 48.0 Å². The number of carbonyl (C=O) groups is 3. The highest BCUT2D eigenvalue weighted by atomic mass is 32.1. The number of likely N-dealkylation sites (tertiary alicyclic amines) is 1. The topological polar surface area (TPSA) is 91.4 Å². The van der Waals surface area contributed by atoms with Crippen molar-refractivity contribution in [2.24, 2.45) is 5.92 Å². The van der Waals surface area contributed by atoms with E-state index in [0.717, 1.165) is 11.3 Å². The number of benzene rings is 1. The molecular formula is C23H24N4O3S2. The second-order valence-corrected chi connectivity index (χ2v) is 9.51. The van der Waals surface area contributed by atoms with Gasteiger partial charge in [0.1, 0.15) is 0 Å². The van der Waals surface area contributed by atoms with E-state index in [9.17, 15) is 14.4 Å². The fourth-order valence-corrected chi connectivity index (χ4v) is 4.92. The van der Waals surface area contributed by atoms with Crippen LogP contribution in [-0.2, 0) is 11.3 Å². The lowest BCUT2D eigenvalue weighted by atomic mass is 9.95. The zero-order valence-electron chi connectivity index (χ0n) is 17.7. The molecule has 1 fully saturated rings. The van der Waals surface area contributed by atoms with Crippen LogP contribution in [0.2, 0.25) is 0 Å². The van der Waals surface area contributed by atoms with E-state index in [1.807, 2.05) is 35.9 Å². The fourth-order valence-electron chi connectivity index (χ4n) is 3.59. The van der Waals surface area contributed by atoms with Crippen molar-refractivity contribution in [2.45, 2.75) is 26.3 Å². The van der Waals surface area contributed by atoms with Crippen LogP contribution in [0.15, 0.2) is 47.2 Å². The Morgan fingerprint density at radius 1 is 1.09 bits per heavy atom. The number of thiophene rings is 1. The predicted octanol–water partition coefficient (Wildman–Crippen LogP) is 3.93. The highest BCUT2D eigenvalue weighted by molar-refractivity contribution is 7.14. The van der Waals surface area contributed by atoms with Gasteiger partial charge in [-0.3, -0.25) is 14.4 Å². The lowest BCUT2D eigenvalue weighted by molar-refractivity contribution is -0.121. The van der Waals surface area contributed by atoms with Crippen molar-refractivity contribution in [3.63, 3.8) is 0 Å². The Morgan fingerprint density at radius 2 is 1.84 bits per heavy atom. The minimum absolute atomic E-state index is 0.0274. The highest BCUT2D eigenvalue weighted by Gasteiger charge is 2.28. The van der Waals surface area contributed by atoms with Gasteiger partial charge in [0.25, 0.3) is 11.8 Å². The summed E-state index contributed by atoms with van der Waals surface area (Å²) in [5.41, 5.74) is 2.43. The van der Waals surface area contributed by atoms with Gasteiger partial charge in [-0.2, -0.15) is 0 Å². The number of aryl methyl sites for hydroxylation is 1. The van der Waals surface area contributed by atoms with E-state index < -0.39 is 0 Å². The van der Waals surface area contributed by atoms with E-state index in [2.05, 4.69) is 15.6 Å². The first-order chi connectivity index (χ1) is 15.5. The standard InChI is InChI=1S/C23H24N4O3S2/c1-15-14-32-23(25-15)26-20(28)17-8-10-27(11-9-17)22(30)18-6-4-16(5-7-18)13-24-21(29)19-3-2-12-31-19/h2-7,12,14,17H,8-11,13H2,1H3,(H,24,29)(H,25,26,28). The molecule has 1 aliphatic rings. The third-order valence-electron chi connectivity index (χ3n) is 5.40. The second-order valence-electron chi connectivity index (χ2n) is 7.71. The number of piperidine rings is 1. The highest BCUT2D eigenvalue weighted by Crippen LogP contribution is 2.22. The van der Waals surface area contributed by atoms with Gasteiger partial charge in [0.15, 0.2) is 5.13 Å². The fraction of sp³-hybridized carbons (Fsp3) is 0.304. The summed E-state index contributed by atoms with van der Waals surface area (Å²) < 4.78 is 0. The van der Waals surface area contributed by atoms with Gasteiger partial charge >= 0.3 is 0 Å². The molecule has 32 heavy (non-hydrogen) atoms. The smallest absolute Gasteiger partial charge is 0.261 e. The maximum Gasteiger partial charge on any atom is 0.261 e. The number of thiazole rings is 1. The molecule has 166 valence electrons. The van der Waals surface area contributed by atoms with Crippen LogP contribution >= 0.6 is 22.7 Å². The van der Waals surface area contributed by atoms with Crippen LogP contribution in [0.4, 0.5) is 5.13 Å². The Hall–Kier alpha value is -3.04. The molecule has 3 heterocycles. The van der Waals surface area contributed by atoms with Gasteiger partial charge < -0.3 is 15.5 Å². The van der Waals surface area contributed by atoms with E-state index in [-0.39, 0.29) is 23.6 Å². The summed E-state index contributed by atoms with van der Waals surface area (Å²) in [6, 6.07) is 10.9. The molecule has 2 aromatic heterocycles. The molecule has 0 radical (unpaired) electrons. The summed E-state index contributed by atoms with van der Waals surface area (Å²) in [4.78, 5) is 44.1. The zero-order chi connectivity index (χ0) is 22.5. The number of nitrogens with zero attached hydrogens (tertiary/aromatic N) is 2. The molecule has 0 spiro atoms. The summed E-state index contributed by atoms with van der Waals surface area (Å²) in [6.07, 6.45) is 1.27. The number of amides is 3. The molecule has 0 bridgehead atoms. The van der Waals surface area contributed by atoms with Crippen LogP contribution in [0.5, 0.6) is 0 Å². The molecule has 7 nitrogen and oxygen atoms in total. The van der Waals surface area contributed by atoms with Gasteiger partial charge in [0.05, 0.1) is 10.6 Å². The van der Waals surface area contributed by atoms with E-state index in [4.69, 9.17) is 0 Å². The van der Waals surface area contributed by atoms with E-state index in [1.54, 1.807) is 23.1 Å². The van der Waals surface area contributed by atoms with Gasteiger partial charge in [-0.1, -0.05) is 18.2 Å². The molecule has 3 aromatic rings. The molecule has 0 atom stereocenters. The van der Waals surface area contributed by atoms with Gasteiger partial charge in [0.2, 0.25) is 5.91 Å². The summed E-state index contributed by atoms with van der Waals surface area (Å²) in [5.74, 6) is -0.274. The molecule has 0 saturated carbocycles. The summed E-state index contributed by atoms with van der Waals surface area (Å²) >= 11 is 2.82. The van der Waals surface area contributed by atoms with Gasteiger partial charge in [-0.05, 0) is 48.9 Å². The van der Waals surface area contributed by atoms with Gasteiger partial charge in [0, 0.05) is 36.5 Å². The van der Waals surface area contributed by atoms with Crippen molar-refractivity contribution in [1.29, 1.82) is 0 Å². The Kier molecular flexibility index (Phi) is 6.96. The molecule has 0 unspecified atom stereocenters. The normalized spacial score (nSPS) is 14.2. The summed E-state index contributed by atoms with van der Waals surface area (Å²) in [7, 11) is 0. The van der Waals surface area contributed by atoms with Crippen molar-refractivity contribution in [1.82, 2.24) is 15.2 Å². The number of nitrogens with one attached hydrogen (secondary N) is 2. The predicted molar refractivity (Wildman–Crippen MR) is 126 cm³/mol. The number of hydrogen-bond acceptors (Lipinski definition) is 6. The van der Waals surface area contributed by atoms with Crippen molar-refractivity contribution in [3.8, 4) is 0 Å². The number of anilines is 1. The Bertz CT molecular complexity index is 1080. The Morgan fingerprint density at radius 3 is 2.47 bits per heavy atom. The quantitative estimate of drug-likeness (QED) is 0.573. The van der Waals surface area contributed by atoms with Crippen molar-refractivity contribution >= 4 is 45.5 Å². The molecule has 9 heteroatoms. The largest absolute Gasteiger partial charge is 0.347 e. The first-order valence-electron chi connectivity index (χ1n) is 10.4. The zero-order valence-corrected chi connectivity index (χ0v) is 19.3. The van der Waals surface area contributed by atoms with Crippen molar-refractivity contribution < 1.29 is 14.4 Å². The van der Waals surface area contributed by atoms with Gasteiger partial charge in [-0.15, -0.1) is 22.7 Å². The SMILES string of the molecule is Cc1csc(NC(=O)C2CCN(C(=O)c3ccc(CNC(=O)c4cccs4)cc3)CC2)n1. The van der Waals surface area contributed by atoms with Gasteiger partial charge in [-0.25, -0.2) is 4.98 Å².